The highest BCUT2D eigenvalue weighted by Gasteiger charge is 2.26. The van der Waals surface area contributed by atoms with Gasteiger partial charge in [-0.15, -0.1) is 0 Å². The number of hydrogen-bond acceptors (Lipinski definition) is 0. The monoisotopic (exact) mass is 1380 g/mol. The molecule has 12 aromatic rings. The Labute approximate surface area is 633 Å². The van der Waals surface area contributed by atoms with Gasteiger partial charge in [0.2, 0.25) is 0 Å². The summed E-state index contributed by atoms with van der Waals surface area (Å²) in [5.74, 6) is 6.47. The number of fused-ring (bicyclic) bond motifs is 7. The zero-order chi connectivity index (χ0) is 76.4. The zero-order valence-electron chi connectivity index (χ0n) is 69.8. The molecule has 3 aliphatic carbocycles. The molecule has 3 aliphatic rings. The van der Waals surface area contributed by atoms with Crippen LogP contribution >= 0.6 is 0 Å². The van der Waals surface area contributed by atoms with Gasteiger partial charge in [0.15, 0.2) is 0 Å². The van der Waals surface area contributed by atoms with Crippen molar-refractivity contribution in [2.75, 3.05) is 0 Å². The molecular weight excluding hydrogens is 1250 g/mol. The first-order chi connectivity index (χ1) is 49.2. The molecule has 0 heterocycles. The van der Waals surface area contributed by atoms with Gasteiger partial charge in [-0.25, -0.2) is 0 Å². The summed E-state index contributed by atoms with van der Waals surface area (Å²) in [6.07, 6.45) is 8.77. The average molecular weight is 1380 g/mol. The van der Waals surface area contributed by atoms with Crippen LogP contribution in [0, 0.1) is 174 Å². The number of aryl methyl sites for hydroxylation is 20. The molecule has 0 aliphatic heterocycles. The predicted octanol–water partition coefficient (Wildman–Crippen LogP) is 30.9. The van der Waals surface area contributed by atoms with Crippen molar-refractivity contribution in [3.05, 3.63) is 317 Å². The first-order valence-corrected chi connectivity index (χ1v) is 39.4. The molecule has 15 rings (SSSR count). The lowest BCUT2D eigenvalue weighted by molar-refractivity contribution is 0.220. The van der Waals surface area contributed by atoms with Crippen molar-refractivity contribution >= 4 is 43.1 Å². The van der Waals surface area contributed by atoms with Crippen molar-refractivity contribution in [1.29, 1.82) is 0 Å². The van der Waals surface area contributed by atoms with Crippen LogP contribution < -0.4 is 0 Å². The van der Waals surface area contributed by atoms with E-state index in [0.717, 1.165) is 35.5 Å². The number of benzene rings is 12. The molecule has 6 unspecified atom stereocenters. The molecule has 0 heteroatoms. The molecule has 6 atom stereocenters. The lowest BCUT2D eigenvalue weighted by atomic mass is 9.77. The Balaban J connectivity index is 0.000000165. The van der Waals surface area contributed by atoms with Gasteiger partial charge in [0.1, 0.15) is 0 Å². The Hall–Kier alpha value is -8.32. The van der Waals surface area contributed by atoms with E-state index in [4.69, 9.17) is 0 Å². The van der Waals surface area contributed by atoms with E-state index >= 15 is 0 Å². The van der Waals surface area contributed by atoms with E-state index in [0.29, 0.717) is 5.92 Å². The summed E-state index contributed by atoms with van der Waals surface area (Å²) in [7, 11) is 0. The standard InChI is InChI=1S/C16H16.4C13H14.2C9H18.2C9H12/c1-10-4-6-13-14-7-5-11(2)9-16(14)12(3)15(13)8-10;1-9-4-7-13-11(3)10(2)5-6-12(13)8-9;1-9-4-5-12-7-10(2)11(3)8-13(12)6-9;2*1-9-8-10(2)12-6-4-5-7-13(12)11(9)3;4*1-7-4-5-8(2)9(3)6-7/h4-9,12H,1-3H3;4*4-8H,1-3H3;2*7-9H,4-6H2,1-3H3;2*4-6H,1-3H3. The van der Waals surface area contributed by atoms with Crippen molar-refractivity contribution < 1.29 is 0 Å². The second kappa shape index (κ2) is 38.6. The van der Waals surface area contributed by atoms with Crippen LogP contribution in [-0.2, 0) is 0 Å². The average Bonchev–Trinajstić information content (AvgIpc) is 1.61. The fourth-order valence-electron chi connectivity index (χ4n) is 15.3. The number of rotatable bonds is 0. The lowest BCUT2D eigenvalue weighted by Crippen LogP contribution is -2.18. The van der Waals surface area contributed by atoms with Crippen LogP contribution in [0.5, 0.6) is 0 Å². The van der Waals surface area contributed by atoms with Crippen molar-refractivity contribution in [2.45, 2.75) is 231 Å². The molecule has 0 saturated heterocycles. The molecule has 104 heavy (non-hydrogen) atoms. The van der Waals surface area contributed by atoms with Crippen LogP contribution in [-0.4, -0.2) is 0 Å². The van der Waals surface area contributed by atoms with E-state index < -0.39 is 0 Å². The largest absolute Gasteiger partial charge is 0.0625 e. The first kappa shape index (κ1) is 83.0. The second-order valence-electron chi connectivity index (χ2n) is 32.7. The van der Waals surface area contributed by atoms with E-state index in [-0.39, 0.29) is 0 Å². The maximum Gasteiger partial charge on any atom is 0.00735 e. The quantitative estimate of drug-likeness (QED) is 0.142. The van der Waals surface area contributed by atoms with Gasteiger partial charge < -0.3 is 0 Å². The minimum Gasteiger partial charge on any atom is -0.0625 e. The summed E-state index contributed by atoms with van der Waals surface area (Å²) in [6.45, 7) is 59.8. The second-order valence-corrected chi connectivity index (χ2v) is 32.7. The van der Waals surface area contributed by atoms with Crippen molar-refractivity contribution in [3.8, 4) is 11.1 Å². The number of hydrogen-bond donors (Lipinski definition) is 0. The maximum atomic E-state index is 2.39. The molecule has 0 amide bonds. The molecule has 0 bridgehead atoms. The van der Waals surface area contributed by atoms with Gasteiger partial charge in [0.25, 0.3) is 0 Å². The predicted molar refractivity (Wildman–Crippen MR) is 465 cm³/mol. The minimum absolute atomic E-state index is 0.546. The molecule has 0 nitrogen and oxygen atoms in total. The fourth-order valence-corrected chi connectivity index (χ4v) is 15.3. The van der Waals surface area contributed by atoms with Gasteiger partial charge in [-0.05, 0) is 330 Å². The molecule has 12 aromatic carbocycles. The van der Waals surface area contributed by atoms with Crippen LogP contribution in [0.15, 0.2) is 194 Å². The highest BCUT2D eigenvalue weighted by Crippen LogP contribution is 2.45. The summed E-state index contributed by atoms with van der Waals surface area (Å²) in [5.41, 5.74) is 33.2. The van der Waals surface area contributed by atoms with E-state index in [2.05, 4.69) is 381 Å². The van der Waals surface area contributed by atoms with Crippen molar-refractivity contribution in [2.24, 2.45) is 35.5 Å². The highest BCUT2D eigenvalue weighted by atomic mass is 14.3. The smallest absolute Gasteiger partial charge is 0.00735 e. The fraction of sp³-hybridized carbons (Fsp3) is 0.385. The Morgan fingerprint density at radius 1 is 0.212 bits per heavy atom. The normalized spacial score (nSPS) is 16.9. The van der Waals surface area contributed by atoms with Gasteiger partial charge in [-0.1, -0.05) is 302 Å². The molecule has 0 N–H and O–H groups in total. The third-order valence-corrected chi connectivity index (χ3v) is 23.6. The van der Waals surface area contributed by atoms with Gasteiger partial charge in [-0.3, -0.25) is 0 Å². The molecule has 0 aromatic heterocycles. The van der Waals surface area contributed by atoms with Gasteiger partial charge in [-0.2, -0.15) is 0 Å². The Morgan fingerprint density at radius 2 is 0.538 bits per heavy atom. The molecule has 548 valence electrons. The van der Waals surface area contributed by atoms with Gasteiger partial charge in [0.05, 0.1) is 0 Å². The van der Waals surface area contributed by atoms with Crippen LogP contribution in [0.4, 0.5) is 0 Å². The summed E-state index contributed by atoms with van der Waals surface area (Å²) >= 11 is 0. The third kappa shape index (κ3) is 23.1. The summed E-state index contributed by atoms with van der Waals surface area (Å²) in [5, 5.41) is 11.0. The molecule has 2 fully saturated rings. The van der Waals surface area contributed by atoms with E-state index in [1.54, 1.807) is 0 Å². The van der Waals surface area contributed by atoms with Crippen LogP contribution in [0.3, 0.4) is 0 Å². The summed E-state index contributed by atoms with van der Waals surface area (Å²) < 4.78 is 0. The zero-order valence-corrected chi connectivity index (χ0v) is 69.8. The Kier molecular flexibility index (Phi) is 30.8. The maximum absolute atomic E-state index is 2.39. The van der Waals surface area contributed by atoms with Crippen molar-refractivity contribution in [3.63, 3.8) is 0 Å². The van der Waals surface area contributed by atoms with Gasteiger partial charge >= 0.3 is 0 Å². The lowest BCUT2D eigenvalue weighted by Gasteiger charge is -2.29. The van der Waals surface area contributed by atoms with Crippen LogP contribution in [0.25, 0.3) is 54.2 Å². The summed E-state index contributed by atoms with van der Waals surface area (Å²) in [4.78, 5) is 0. The van der Waals surface area contributed by atoms with E-state index in [1.165, 1.54) is 215 Å². The Bertz CT molecular complexity index is 4580. The summed E-state index contributed by atoms with van der Waals surface area (Å²) in [6, 6.07) is 70.5. The highest BCUT2D eigenvalue weighted by molar-refractivity contribution is 5.91. The van der Waals surface area contributed by atoms with Crippen LogP contribution in [0.2, 0.25) is 0 Å². The van der Waals surface area contributed by atoms with Crippen molar-refractivity contribution in [1.82, 2.24) is 0 Å². The first-order valence-electron chi connectivity index (χ1n) is 39.4. The van der Waals surface area contributed by atoms with Crippen LogP contribution in [0.1, 0.15) is 215 Å². The molecule has 0 radical (unpaired) electrons. The topological polar surface area (TPSA) is 0 Å². The molecule has 0 spiro atoms. The van der Waals surface area contributed by atoms with E-state index in [1.807, 2.05) is 0 Å². The third-order valence-electron chi connectivity index (χ3n) is 23.6. The van der Waals surface area contributed by atoms with E-state index in [9.17, 15) is 0 Å². The van der Waals surface area contributed by atoms with Gasteiger partial charge in [0, 0.05) is 5.92 Å². The molecule has 2 saturated carbocycles. The Morgan fingerprint density at radius 3 is 0.942 bits per heavy atom. The minimum atomic E-state index is 0.546. The SMILES string of the molecule is CC1CCC(C)C(C)C1.CC1CCC(C)C(C)C1.Cc1cc(C)c2ccccc2c1C.Cc1cc(C)c2ccccc2c1C.Cc1ccc(C)c(C)c1.Cc1ccc(C)c(C)c1.Cc1ccc2c(C)c(C)ccc2c1.Cc1ccc2c(c1)C(C)c1cc(C)ccc1-2.Cc1ccc2cc(C)c(C)cc2c1. The molecular formula is C104H132.